The molecular weight excluding hydrogens is 451 g/mol. The lowest BCUT2D eigenvalue weighted by atomic mass is 10.1. The van der Waals surface area contributed by atoms with Gasteiger partial charge >= 0.3 is 0 Å². The SMILES string of the molecule is COc1cc(CC(=O)NCCN2C(=O)S/C(=C\c3ccccc3F)C2=O)cc(OC)c1OC. The van der Waals surface area contributed by atoms with Crippen molar-refractivity contribution < 1.29 is 33.0 Å². The summed E-state index contributed by atoms with van der Waals surface area (Å²) in [6, 6.07) is 9.32. The van der Waals surface area contributed by atoms with Gasteiger partial charge in [-0.2, -0.15) is 0 Å². The van der Waals surface area contributed by atoms with Crippen molar-refractivity contribution in [3.63, 3.8) is 0 Å². The van der Waals surface area contributed by atoms with Gasteiger partial charge in [0, 0.05) is 18.7 Å². The third kappa shape index (κ3) is 5.64. The molecule has 1 aliphatic heterocycles. The van der Waals surface area contributed by atoms with Crippen molar-refractivity contribution in [3.8, 4) is 17.2 Å². The van der Waals surface area contributed by atoms with Crippen LogP contribution in [0.3, 0.4) is 0 Å². The van der Waals surface area contributed by atoms with Gasteiger partial charge in [0.05, 0.1) is 32.7 Å². The fraction of sp³-hybridized carbons (Fsp3) is 0.261. The Hall–Kier alpha value is -3.53. The van der Waals surface area contributed by atoms with Crippen molar-refractivity contribution in [1.82, 2.24) is 10.2 Å². The Labute approximate surface area is 194 Å². The zero-order valence-corrected chi connectivity index (χ0v) is 19.2. The third-order valence-electron chi connectivity index (χ3n) is 4.81. The Balaban J connectivity index is 1.58. The number of carbonyl (C=O) groups is 3. The highest BCUT2D eigenvalue weighted by molar-refractivity contribution is 8.18. The summed E-state index contributed by atoms with van der Waals surface area (Å²) in [6.07, 6.45) is 1.38. The van der Waals surface area contributed by atoms with Gasteiger partial charge in [0.25, 0.3) is 11.1 Å². The predicted molar refractivity (Wildman–Crippen MR) is 122 cm³/mol. The Morgan fingerprint density at radius 2 is 1.76 bits per heavy atom. The topological polar surface area (TPSA) is 94.2 Å². The summed E-state index contributed by atoms with van der Waals surface area (Å²) < 4.78 is 29.7. The summed E-state index contributed by atoms with van der Waals surface area (Å²) in [5, 5.41) is 2.22. The monoisotopic (exact) mass is 474 g/mol. The summed E-state index contributed by atoms with van der Waals surface area (Å²) in [7, 11) is 4.46. The second kappa shape index (κ2) is 10.9. The minimum atomic E-state index is -0.521. The lowest BCUT2D eigenvalue weighted by molar-refractivity contribution is -0.124. The maximum atomic E-state index is 13.8. The number of benzene rings is 2. The van der Waals surface area contributed by atoms with Crippen LogP contribution in [0.15, 0.2) is 41.3 Å². The van der Waals surface area contributed by atoms with E-state index in [1.807, 2.05) is 0 Å². The largest absolute Gasteiger partial charge is 0.493 e. The van der Waals surface area contributed by atoms with Crippen molar-refractivity contribution in [1.29, 1.82) is 0 Å². The van der Waals surface area contributed by atoms with Gasteiger partial charge in [-0.3, -0.25) is 19.3 Å². The van der Waals surface area contributed by atoms with E-state index in [1.54, 1.807) is 24.3 Å². The van der Waals surface area contributed by atoms with Crippen LogP contribution >= 0.6 is 11.8 Å². The van der Waals surface area contributed by atoms with Crippen LogP contribution < -0.4 is 19.5 Å². The fourth-order valence-corrected chi connectivity index (χ4v) is 4.07. The van der Waals surface area contributed by atoms with E-state index in [2.05, 4.69) is 5.32 Å². The molecule has 0 unspecified atom stereocenters. The molecule has 2 aromatic carbocycles. The zero-order valence-electron chi connectivity index (χ0n) is 18.3. The second-order valence-electron chi connectivity index (χ2n) is 6.92. The van der Waals surface area contributed by atoms with Crippen molar-refractivity contribution in [2.45, 2.75) is 6.42 Å². The van der Waals surface area contributed by atoms with Crippen LogP contribution in [0.1, 0.15) is 11.1 Å². The molecule has 1 N–H and O–H groups in total. The molecule has 0 bridgehead atoms. The molecule has 0 spiro atoms. The highest BCUT2D eigenvalue weighted by Gasteiger charge is 2.34. The van der Waals surface area contributed by atoms with E-state index < -0.39 is 17.0 Å². The van der Waals surface area contributed by atoms with Crippen LogP contribution in [0.25, 0.3) is 6.08 Å². The summed E-state index contributed by atoms with van der Waals surface area (Å²) in [6.45, 7) is 0.0779. The number of nitrogens with zero attached hydrogens (tertiary/aromatic N) is 1. The first-order valence-electron chi connectivity index (χ1n) is 9.93. The number of thioether (sulfide) groups is 1. The molecule has 174 valence electrons. The number of halogens is 1. The molecule has 33 heavy (non-hydrogen) atoms. The number of rotatable bonds is 9. The van der Waals surface area contributed by atoms with E-state index >= 15 is 0 Å². The van der Waals surface area contributed by atoms with Gasteiger partial charge < -0.3 is 19.5 Å². The van der Waals surface area contributed by atoms with Crippen molar-refractivity contribution in [2.24, 2.45) is 0 Å². The normalized spacial score (nSPS) is 14.5. The Kier molecular flexibility index (Phi) is 7.94. The Morgan fingerprint density at radius 1 is 1.09 bits per heavy atom. The number of amides is 3. The van der Waals surface area contributed by atoms with Crippen LogP contribution in [0.2, 0.25) is 0 Å². The molecule has 3 rings (SSSR count). The number of hydrogen-bond donors (Lipinski definition) is 1. The molecule has 10 heteroatoms. The maximum Gasteiger partial charge on any atom is 0.293 e. The van der Waals surface area contributed by atoms with E-state index in [1.165, 1.54) is 39.5 Å². The zero-order chi connectivity index (χ0) is 24.0. The third-order valence-corrected chi connectivity index (χ3v) is 5.72. The molecule has 1 fully saturated rings. The number of hydrogen-bond acceptors (Lipinski definition) is 7. The molecular formula is C23H23FN2O6S. The van der Waals surface area contributed by atoms with E-state index in [9.17, 15) is 18.8 Å². The van der Waals surface area contributed by atoms with Gasteiger partial charge in [-0.1, -0.05) is 18.2 Å². The number of methoxy groups -OCH3 is 3. The van der Waals surface area contributed by atoms with Gasteiger partial charge in [-0.15, -0.1) is 0 Å². The van der Waals surface area contributed by atoms with Crippen LogP contribution in [0.4, 0.5) is 9.18 Å². The van der Waals surface area contributed by atoms with Gasteiger partial charge in [0.15, 0.2) is 11.5 Å². The molecule has 0 atom stereocenters. The van der Waals surface area contributed by atoms with Crippen LogP contribution in [-0.4, -0.2) is 56.4 Å². The lowest BCUT2D eigenvalue weighted by Crippen LogP contribution is -2.37. The average molecular weight is 475 g/mol. The average Bonchev–Trinajstić information content (AvgIpc) is 3.07. The molecule has 0 aromatic heterocycles. The molecule has 0 radical (unpaired) electrons. The molecule has 1 heterocycles. The maximum absolute atomic E-state index is 13.8. The first-order chi connectivity index (χ1) is 15.9. The van der Waals surface area contributed by atoms with E-state index in [0.717, 1.165) is 16.7 Å². The molecule has 0 saturated carbocycles. The van der Waals surface area contributed by atoms with Crippen molar-refractivity contribution in [2.75, 3.05) is 34.4 Å². The van der Waals surface area contributed by atoms with E-state index in [0.29, 0.717) is 22.8 Å². The first kappa shape index (κ1) is 24.1. The summed E-state index contributed by atoms with van der Waals surface area (Å²) in [5.74, 6) is -0.0289. The Morgan fingerprint density at radius 3 is 2.36 bits per heavy atom. The van der Waals surface area contributed by atoms with Gasteiger partial charge in [-0.25, -0.2) is 4.39 Å². The minimum absolute atomic E-state index is 0.000271. The molecule has 1 aliphatic rings. The number of carbonyl (C=O) groups excluding carboxylic acids is 3. The minimum Gasteiger partial charge on any atom is -0.493 e. The molecule has 3 amide bonds. The fourth-order valence-electron chi connectivity index (χ4n) is 3.22. The highest BCUT2D eigenvalue weighted by atomic mass is 32.2. The van der Waals surface area contributed by atoms with Crippen LogP contribution in [-0.2, 0) is 16.0 Å². The molecule has 2 aromatic rings. The summed E-state index contributed by atoms with van der Waals surface area (Å²) >= 11 is 0.738. The number of imide groups is 1. The summed E-state index contributed by atoms with van der Waals surface area (Å²) in [4.78, 5) is 38.3. The quantitative estimate of drug-likeness (QED) is 0.558. The molecule has 8 nitrogen and oxygen atoms in total. The van der Waals surface area contributed by atoms with Crippen molar-refractivity contribution in [3.05, 3.63) is 58.2 Å². The lowest BCUT2D eigenvalue weighted by Gasteiger charge is -2.15. The van der Waals surface area contributed by atoms with Gasteiger partial charge in [0.2, 0.25) is 11.7 Å². The standard InChI is InChI=1S/C23H23FN2O6S/c1-30-17-10-14(11-18(31-2)21(17)32-3)12-20(27)25-8-9-26-22(28)19(33-23(26)29)13-15-6-4-5-7-16(15)24/h4-7,10-11,13H,8-9,12H2,1-3H3,(H,25,27)/b19-13-. The highest BCUT2D eigenvalue weighted by Crippen LogP contribution is 2.38. The van der Waals surface area contributed by atoms with Crippen LogP contribution in [0.5, 0.6) is 17.2 Å². The first-order valence-corrected chi connectivity index (χ1v) is 10.7. The van der Waals surface area contributed by atoms with Gasteiger partial charge in [-0.05, 0) is 41.6 Å². The van der Waals surface area contributed by atoms with Gasteiger partial charge in [0.1, 0.15) is 5.82 Å². The van der Waals surface area contributed by atoms with Crippen LogP contribution in [0, 0.1) is 5.82 Å². The molecule has 0 aliphatic carbocycles. The molecule has 1 saturated heterocycles. The van der Waals surface area contributed by atoms with E-state index in [4.69, 9.17) is 14.2 Å². The number of ether oxygens (including phenoxy) is 3. The summed E-state index contributed by atoms with van der Waals surface area (Å²) in [5.41, 5.74) is 0.864. The predicted octanol–water partition coefficient (Wildman–Crippen LogP) is 3.25. The van der Waals surface area contributed by atoms with E-state index in [-0.39, 0.29) is 35.9 Å². The van der Waals surface area contributed by atoms with Crippen molar-refractivity contribution >= 4 is 34.9 Å². The second-order valence-corrected chi connectivity index (χ2v) is 7.91. The smallest absolute Gasteiger partial charge is 0.293 e. The Bertz CT molecular complexity index is 1080. The number of nitrogens with one attached hydrogen (secondary N) is 1.